The largest absolute Gasteiger partial charge is 0.507 e. The highest BCUT2D eigenvalue weighted by Gasteiger charge is 2.46. The van der Waals surface area contributed by atoms with Gasteiger partial charge in [-0.3, -0.25) is 9.59 Å². The van der Waals surface area contributed by atoms with Crippen LogP contribution in [-0.2, 0) is 21.5 Å². The molecule has 1 atom stereocenters. The lowest BCUT2D eigenvalue weighted by atomic mass is 9.85. The van der Waals surface area contributed by atoms with Crippen molar-refractivity contribution in [3.05, 3.63) is 93.6 Å². The van der Waals surface area contributed by atoms with Crippen molar-refractivity contribution in [3.63, 3.8) is 0 Å². The van der Waals surface area contributed by atoms with Gasteiger partial charge in [-0.05, 0) is 72.7 Å². The van der Waals surface area contributed by atoms with Gasteiger partial charge in [0.15, 0.2) is 11.5 Å². The van der Waals surface area contributed by atoms with Gasteiger partial charge in [-0.2, -0.15) is 0 Å². The van der Waals surface area contributed by atoms with E-state index in [0.29, 0.717) is 23.5 Å². The zero-order valence-electron chi connectivity index (χ0n) is 24.2. The van der Waals surface area contributed by atoms with Gasteiger partial charge in [0, 0.05) is 6.54 Å². The highest BCUT2D eigenvalue weighted by atomic mass is 16.5. The van der Waals surface area contributed by atoms with Crippen LogP contribution in [0.2, 0.25) is 0 Å². The van der Waals surface area contributed by atoms with Crippen LogP contribution in [0.5, 0.6) is 17.2 Å². The van der Waals surface area contributed by atoms with E-state index < -0.39 is 17.7 Å². The summed E-state index contributed by atoms with van der Waals surface area (Å²) in [5, 5.41) is 22.1. The number of carbonyl (C=O) groups excluding carboxylic acids is 2. The number of Topliss-reactive ketones (excluding diaryl/α,β-unsaturated/α-hetero) is 1. The number of benzene rings is 3. The SMILES string of the molecule is CCOc1cc(C2/C(=C(\O)c3cc(C(C)(C)C)ccc3OC)C(=O)C(=O)N2Cc2cc(C)ccc2C)ccc1O. The van der Waals surface area contributed by atoms with E-state index in [1.165, 1.54) is 18.1 Å². The summed E-state index contributed by atoms with van der Waals surface area (Å²) in [5.41, 5.74) is 4.40. The number of phenols is 1. The number of aryl methyl sites for hydroxylation is 2. The molecule has 1 heterocycles. The summed E-state index contributed by atoms with van der Waals surface area (Å²) in [6.07, 6.45) is 0. The lowest BCUT2D eigenvalue weighted by Crippen LogP contribution is -2.29. The molecule has 3 aromatic carbocycles. The molecular formula is C33H37NO6. The zero-order valence-corrected chi connectivity index (χ0v) is 24.2. The van der Waals surface area contributed by atoms with Crippen molar-refractivity contribution in [1.82, 2.24) is 4.90 Å². The average molecular weight is 544 g/mol. The topological polar surface area (TPSA) is 96.3 Å². The number of amides is 1. The van der Waals surface area contributed by atoms with E-state index in [9.17, 15) is 19.8 Å². The molecule has 0 spiro atoms. The number of aliphatic hydroxyl groups excluding tert-OH is 1. The second-order valence-electron chi connectivity index (χ2n) is 11.2. The summed E-state index contributed by atoms with van der Waals surface area (Å²) < 4.78 is 11.2. The number of carbonyl (C=O) groups is 2. The molecule has 0 saturated carbocycles. The van der Waals surface area contributed by atoms with E-state index in [1.54, 1.807) is 31.2 Å². The van der Waals surface area contributed by atoms with Crippen LogP contribution in [0, 0.1) is 13.8 Å². The van der Waals surface area contributed by atoms with Crippen LogP contribution in [0.1, 0.15) is 67.1 Å². The third kappa shape index (κ3) is 5.41. The molecule has 1 amide bonds. The molecule has 0 aromatic heterocycles. The molecule has 2 N–H and O–H groups in total. The molecule has 0 radical (unpaired) electrons. The predicted octanol–water partition coefficient (Wildman–Crippen LogP) is 6.34. The molecule has 1 aliphatic heterocycles. The van der Waals surface area contributed by atoms with Gasteiger partial charge in [-0.25, -0.2) is 0 Å². The van der Waals surface area contributed by atoms with Gasteiger partial charge in [-0.15, -0.1) is 0 Å². The van der Waals surface area contributed by atoms with Gasteiger partial charge in [0.2, 0.25) is 0 Å². The monoisotopic (exact) mass is 543 g/mol. The Morgan fingerprint density at radius 3 is 2.35 bits per heavy atom. The number of ketones is 1. The minimum atomic E-state index is -0.928. The molecule has 1 aliphatic rings. The first kappa shape index (κ1) is 28.7. The summed E-state index contributed by atoms with van der Waals surface area (Å²) in [5.74, 6) is -1.28. The number of aromatic hydroxyl groups is 1. The molecule has 210 valence electrons. The third-order valence-corrected chi connectivity index (χ3v) is 7.31. The molecule has 4 rings (SSSR count). The van der Waals surface area contributed by atoms with E-state index in [4.69, 9.17) is 9.47 Å². The van der Waals surface area contributed by atoms with Crippen molar-refractivity contribution in [2.24, 2.45) is 0 Å². The Hall–Kier alpha value is -4.26. The normalized spacial score (nSPS) is 16.9. The highest BCUT2D eigenvalue weighted by Crippen LogP contribution is 2.44. The number of nitrogens with zero attached hydrogens (tertiary/aromatic N) is 1. The Balaban J connectivity index is 1.97. The number of rotatable bonds is 7. The van der Waals surface area contributed by atoms with Crippen molar-refractivity contribution in [3.8, 4) is 17.2 Å². The quantitative estimate of drug-likeness (QED) is 0.205. The maximum Gasteiger partial charge on any atom is 0.295 e. The fourth-order valence-corrected chi connectivity index (χ4v) is 5.02. The van der Waals surface area contributed by atoms with Gasteiger partial charge in [0.1, 0.15) is 11.5 Å². The summed E-state index contributed by atoms with van der Waals surface area (Å²) in [4.78, 5) is 28.8. The lowest BCUT2D eigenvalue weighted by Gasteiger charge is -2.27. The summed E-state index contributed by atoms with van der Waals surface area (Å²) in [6.45, 7) is 12.3. The molecule has 40 heavy (non-hydrogen) atoms. The van der Waals surface area contributed by atoms with Gasteiger partial charge < -0.3 is 24.6 Å². The van der Waals surface area contributed by atoms with Crippen molar-refractivity contribution in [2.75, 3.05) is 13.7 Å². The molecule has 0 aliphatic carbocycles. The second kappa shape index (κ2) is 11.1. The molecule has 3 aromatic rings. The van der Waals surface area contributed by atoms with Crippen molar-refractivity contribution in [1.29, 1.82) is 0 Å². The number of hydrogen-bond donors (Lipinski definition) is 2. The number of hydrogen-bond acceptors (Lipinski definition) is 6. The Morgan fingerprint density at radius 2 is 1.70 bits per heavy atom. The summed E-state index contributed by atoms with van der Waals surface area (Å²) in [7, 11) is 1.49. The number of aliphatic hydroxyl groups is 1. The van der Waals surface area contributed by atoms with E-state index in [-0.39, 0.29) is 34.8 Å². The fraction of sp³-hybridized carbons (Fsp3) is 0.333. The van der Waals surface area contributed by atoms with Gasteiger partial charge in [0.05, 0.1) is 30.9 Å². The Bertz CT molecular complexity index is 1500. The zero-order chi connectivity index (χ0) is 29.4. The van der Waals surface area contributed by atoms with E-state index in [2.05, 4.69) is 0 Å². The summed E-state index contributed by atoms with van der Waals surface area (Å²) in [6, 6.07) is 15.2. The van der Waals surface area contributed by atoms with Gasteiger partial charge in [0.25, 0.3) is 11.7 Å². The molecule has 7 nitrogen and oxygen atoms in total. The van der Waals surface area contributed by atoms with Crippen LogP contribution in [-0.4, -0.2) is 40.5 Å². The van der Waals surface area contributed by atoms with Gasteiger partial charge in [-0.1, -0.05) is 56.7 Å². The number of likely N-dealkylation sites (tertiary alicyclic amines) is 1. The molecule has 7 heteroatoms. The Kier molecular flexibility index (Phi) is 7.96. The number of phenolic OH excluding ortho intramolecular Hbond substituents is 1. The van der Waals surface area contributed by atoms with Crippen molar-refractivity contribution in [2.45, 2.75) is 59.5 Å². The van der Waals surface area contributed by atoms with E-state index in [1.807, 2.05) is 58.9 Å². The van der Waals surface area contributed by atoms with Crippen LogP contribution in [0.15, 0.2) is 60.2 Å². The highest BCUT2D eigenvalue weighted by molar-refractivity contribution is 6.46. The van der Waals surface area contributed by atoms with Crippen LogP contribution in [0.3, 0.4) is 0 Å². The minimum absolute atomic E-state index is 0.0483. The first-order chi connectivity index (χ1) is 18.9. The second-order valence-corrected chi connectivity index (χ2v) is 11.2. The van der Waals surface area contributed by atoms with E-state index >= 15 is 0 Å². The van der Waals surface area contributed by atoms with Crippen molar-refractivity contribution >= 4 is 17.4 Å². The number of ether oxygens (including phenoxy) is 2. The van der Waals surface area contributed by atoms with E-state index in [0.717, 1.165) is 22.3 Å². The maximum atomic E-state index is 13.7. The van der Waals surface area contributed by atoms with Crippen LogP contribution < -0.4 is 9.47 Å². The lowest BCUT2D eigenvalue weighted by molar-refractivity contribution is -0.140. The predicted molar refractivity (Wildman–Crippen MR) is 155 cm³/mol. The van der Waals surface area contributed by atoms with Gasteiger partial charge >= 0.3 is 0 Å². The number of methoxy groups -OCH3 is 1. The fourth-order valence-electron chi connectivity index (χ4n) is 5.02. The van der Waals surface area contributed by atoms with Crippen molar-refractivity contribution < 1.29 is 29.3 Å². The first-order valence-electron chi connectivity index (χ1n) is 13.4. The first-order valence-corrected chi connectivity index (χ1v) is 13.4. The Labute approximate surface area is 235 Å². The molecule has 0 bridgehead atoms. The Morgan fingerprint density at radius 1 is 0.975 bits per heavy atom. The van der Waals surface area contributed by atoms with Crippen LogP contribution in [0.25, 0.3) is 5.76 Å². The molecular weight excluding hydrogens is 506 g/mol. The van der Waals surface area contributed by atoms with Crippen LogP contribution >= 0.6 is 0 Å². The molecule has 1 saturated heterocycles. The third-order valence-electron chi connectivity index (χ3n) is 7.31. The smallest absolute Gasteiger partial charge is 0.295 e. The summed E-state index contributed by atoms with van der Waals surface area (Å²) >= 11 is 0. The standard InChI is InChI=1S/C33H37NO6/c1-8-40-27-16-21(11-13-25(27)35)29-28(30(36)24-17-23(33(4,5)6)12-14-26(24)39-7)31(37)32(38)34(29)18-22-15-19(2)9-10-20(22)3/h9-17,29,35-36H,8,18H2,1-7H3/b30-28+. The van der Waals surface area contributed by atoms with Crippen LogP contribution in [0.4, 0.5) is 0 Å². The average Bonchev–Trinajstić information content (AvgIpc) is 3.15. The molecule has 1 fully saturated rings. The maximum absolute atomic E-state index is 13.7. The molecule has 1 unspecified atom stereocenters. The minimum Gasteiger partial charge on any atom is -0.507 e.